The first kappa shape index (κ1) is 37.1. The third kappa shape index (κ3) is 5.57. The highest BCUT2D eigenvalue weighted by Crippen LogP contribution is 2.61. The Bertz CT molecular complexity index is 3450. The smallest absolute Gasteiger partial charge is 0.134 e. The molecule has 4 heterocycles. The van der Waals surface area contributed by atoms with Crippen molar-refractivity contribution in [1.29, 1.82) is 0 Å². The number of benzene rings is 9. The van der Waals surface area contributed by atoms with Gasteiger partial charge in [-0.15, -0.1) is 0 Å². The molecule has 2 aliphatic rings. The third-order valence-corrected chi connectivity index (χ3v) is 12.7. The molecule has 62 heavy (non-hydrogen) atoms. The molecule has 0 fully saturated rings. The lowest BCUT2D eigenvalue weighted by Gasteiger charge is -2.45. The first-order valence-electron chi connectivity index (χ1n) is 21.1. The second-order valence-corrected chi connectivity index (χ2v) is 16.1. The Kier molecular flexibility index (Phi) is 8.94. The van der Waals surface area contributed by atoms with Crippen molar-refractivity contribution in [3.63, 3.8) is 0 Å². The van der Waals surface area contributed by atoms with E-state index in [1.807, 2.05) is 25.0 Å². The molecule has 0 amide bonds. The zero-order chi connectivity index (χ0) is 41.8. The summed E-state index contributed by atoms with van der Waals surface area (Å²) < 4.78 is 11.9. The monoisotopic (exact) mass is 798 g/mol. The second-order valence-electron chi connectivity index (χ2n) is 16.1. The maximum atomic E-state index is 8.00. The zero-order valence-electron chi connectivity index (χ0n) is 34.3. The van der Waals surface area contributed by atoms with Gasteiger partial charge in [0.2, 0.25) is 0 Å². The van der Waals surface area contributed by atoms with Crippen molar-refractivity contribution in [2.75, 3.05) is 0 Å². The van der Waals surface area contributed by atoms with Crippen LogP contribution in [-0.2, 0) is 16.6 Å². The van der Waals surface area contributed by atoms with E-state index in [9.17, 15) is 0 Å². The van der Waals surface area contributed by atoms with Gasteiger partial charge in [0.25, 0.3) is 0 Å². The van der Waals surface area contributed by atoms with Crippen molar-refractivity contribution in [2.45, 2.75) is 18.8 Å². The normalized spacial score (nSPS) is 14.3. The Labute approximate surface area is 360 Å². The lowest BCUT2D eigenvalue weighted by Crippen LogP contribution is -2.37. The van der Waals surface area contributed by atoms with Gasteiger partial charge in [-0.2, -0.15) is 0 Å². The topological polar surface area (TPSA) is 36.2 Å². The van der Waals surface area contributed by atoms with Gasteiger partial charge in [0, 0.05) is 44.4 Å². The van der Waals surface area contributed by atoms with Crippen molar-refractivity contribution in [1.82, 2.24) is 9.13 Å². The van der Waals surface area contributed by atoms with Crippen LogP contribution < -0.4 is 4.74 Å². The van der Waals surface area contributed by atoms with E-state index >= 15 is 0 Å². The van der Waals surface area contributed by atoms with Gasteiger partial charge in [0.05, 0.1) is 33.2 Å². The van der Waals surface area contributed by atoms with E-state index in [1.165, 1.54) is 82.7 Å². The van der Waals surface area contributed by atoms with Crippen LogP contribution in [0.2, 0.25) is 0 Å². The fourth-order valence-electron chi connectivity index (χ4n) is 10.2. The number of aryl methyl sites for hydroxylation is 1. The van der Waals surface area contributed by atoms with Gasteiger partial charge in [0.1, 0.15) is 18.3 Å². The van der Waals surface area contributed by atoms with Gasteiger partial charge in [-0.05, 0) is 78.1 Å². The lowest BCUT2D eigenvalue weighted by molar-refractivity contribution is -0.0980. The highest BCUT2D eigenvalue weighted by molar-refractivity contribution is 6.13. The summed E-state index contributed by atoms with van der Waals surface area (Å²) in [7, 11) is 0. The summed E-state index contributed by atoms with van der Waals surface area (Å²) >= 11 is 0. The zero-order valence-corrected chi connectivity index (χ0v) is 34.3. The van der Waals surface area contributed by atoms with E-state index in [2.05, 4.69) is 210 Å². The van der Waals surface area contributed by atoms with Gasteiger partial charge in [0.15, 0.2) is 0 Å². The average Bonchev–Trinajstić information content (AvgIpc) is 3.84. The Balaban J connectivity index is 0.000000435. The molecule has 0 saturated carbocycles. The SMILES string of the molecule is C=O.Cc1ccccc1.c1ccc(Cc2ccc(-n3c4ccccc4c4cc5c(cc43)Oc3ccccc3C53c4ccccc4-n4c5ccccc5c5cccc3c54)cc2)cc1. The predicted octanol–water partition coefficient (Wildman–Crippen LogP) is 14.1. The predicted molar refractivity (Wildman–Crippen MR) is 255 cm³/mol. The molecule has 4 heteroatoms. The molecule has 11 aromatic rings. The second kappa shape index (κ2) is 14.9. The molecular weight excluding hydrogens is 757 g/mol. The van der Waals surface area contributed by atoms with Crippen LogP contribution in [0.15, 0.2) is 212 Å². The fraction of sp³-hybridized carbons (Fsp3) is 0.0517. The quantitative estimate of drug-likeness (QED) is 0.178. The number of carbonyl (C=O) groups excluding carboxylic acids is 1. The molecule has 296 valence electrons. The van der Waals surface area contributed by atoms with Crippen LogP contribution in [0.25, 0.3) is 55.0 Å². The van der Waals surface area contributed by atoms with E-state index in [0.717, 1.165) is 29.1 Å². The van der Waals surface area contributed by atoms with Crippen LogP contribution in [-0.4, -0.2) is 15.9 Å². The first-order valence-corrected chi connectivity index (χ1v) is 21.1. The number of para-hydroxylation sites is 5. The molecule has 2 aliphatic heterocycles. The van der Waals surface area contributed by atoms with E-state index in [0.29, 0.717) is 0 Å². The molecule has 13 rings (SSSR count). The molecular formula is C58H42N2O2. The molecule has 9 aromatic carbocycles. The number of carbonyl (C=O) groups is 1. The van der Waals surface area contributed by atoms with Crippen LogP contribution in [0.5, 0.6) is 11.5 Å². The standard InChI is InChI=1S/C50H32N2O.C7H8.CH2O/c1-2-13-32(14-3-1)29-33-25-27-34(28-26-33)51-43-21-8-5-16-36(43)38-30-42-48(31-46(38)51)53-47-24-11-7-19-40(47)50(42)39-18-6-10-23-45(39)52-44-22-9-4-15-35(44)37-17-12-20-41(50)49(37)52;1-7-5-3-2-4-6-7;1-2/h1-28,30-31H,29H2;2-6H,1H3;1H2. The summed E-state index contributed by atoms with van der Waals surface area (Å²) in [6.07, 6.45) is 0.907. The third-order valence-electron chi connectivity index (χ3n) is 12.7. The fourth-order valence-corrected chi connectivity index (χ4v) is 10.2. The number of rotatable bonds is 3. The summed E-state index contributed by atoms with van der Waals surface area (Å²) in [5.41, 5.74) is 15.3. The van der Waals surface area contributed by atoms with Crippen molar-refractivity contribution in [2.24, 2.45) is 0 Å². The number of hydrogen-bond acceptors (Lipinski definition) is 2. The summed E-state index contributed by atoms with van der Waals surface area (Å²) in [5, 5.41) is 4.98. The molecule has 0 aliphatic carbocycles. The van der Waals surface area contributed by atoms with Crippen LogP contribution in [0.4, 0.5) is 0 Å². The Hall–Kier alpha value is -7.95. The molecule has 1 atom stereocenters. The van der Waals surface area contributed by atoms with Gasteiger partial charge in [-0.3, -0.25) is 0 Å². The van der Waals surface area contributed by atoms with Crippen LogP contribution in [0.1, 0.15) is 38.9 Å². The molecule has 1 unspecified atom stereocenters. The van der Waals surface area contributed by atoms with Crippen LogP contribution in [0.3, 0.4) is 0 Å². The van der Waals surface area contributed by atoms with Crippen molar-refractivity contribution < 1.29 is 9.53 Å². The maximum absolute atomic E-state index is 8.00. The summed E-state index contributed by atoms with van der Waals surface area (Å²) in [5.74, 6) is 1.78. The largest absolute Gasteiger partial charge is 0.457 e. The number of ether oxygens (including phenoxy) is 1. The molecule has 0 saturated heterocycles. The van der Waals surface area contributed by atoms with Crippen molar-refractivity contribution in [3.8, 4) is 22.9 Å². The highest BCUT2D eigenvalue weighted by Gasteiger charge is 2.50. The number of hydrogen-bond donors (Lipinski definition) is 0. The lowest BCUT2D eigenvalue weighted by atomic mass is 9.61. The van der Waals surface area contributed by atoms with E-state index < -0.39 is 5.41 Å². The van der Waals surface area contributed by atoms with Crippen LogP contribution >= 0.6 is 0 Å². The Morgan fingerprint density at radius 3 is 1.73 bits per heavy atom. The summed E-state index contributed by atoms with van der Waals surface area (Å²) in [6, 6.07) is 76.9. The molecule has 1 spiro atoms. The van der Waals surface area contributed by atoms with Gasteiger partial charge >= 0.3 is 0 Å². The Morgan fingerprint density at radius 2 is 1.00 bits per heavy atom. The molecule has 0 bridgehead atoms. The summed E-state index contributed by atoms with van der Waals surface area (Å²) in [4.78, 5) is 8.00. The van der Waals surface area contributed by atoms with E-state index in [1.54, 1.807) is 0 Å². The number of aromatic nitrogens is 2. The van der Waals surface area contributed by atoms with Crippen molar-refractivity contribution in [3.05, 3.63) is 251 Å². The number of fused-ring (bicyclic) bond motifs is 14. The van der Waals surface area contributed by atoms with Gasteiger partial charge < -0.3 is 18.7 Å². The maximum Gasteiger partial charge on any atom is 0.134 e. The average molecular weight is 799 g/mol. The molecule has 0 N–H and O–H groups in total. The highest BCUT2D eigenvalue weighted by atomic mass is 16.5. The van der Waals surface area contributed by atoms with Gasteiger partial charge in [-0.25, -0.2) is 0 Å². The van der Waals surface area contributed by atoms with E-state index in [-0.39, 0.29) is 0 Å². The summed E-state index contributed by atoms with van der Waals surface area (Å²) in [6.45, 7) is 4.08. The minimum atomic E-state index is -0.610. The molecule has 2 aromatic heterocycles. The first-order chi connectivity index (χ1) is 30.7. The molecule has 0 radical (unpaired) electrons. The minimum absolute atomic E-state index is 0.610. The van der Waals surface area contributed by atoms with Crippen LogP contribution in [0, 0.1) is 6.92 Å². The minimum Gasteiger partial charge on any atom is -0.457 e. The Morgan fingerprint density at radius 1 is 0.435 bits per heavy atom. The molecule has 4 nitrogen and oxygen atoms in total. The van der Waals surface area contributed by atoms with E-state index in [4.69, 9.17) is 9.53 Å². The van der Waals surface area contributed by atoms with Crippen molar-refractivity contribution >= 4 is 50.4 Å². The number of nitrogens with zero attached hydrogens (tertiary/aromatic N) is 2. The van der Waals surface area contributed by atoms with Gasteiger partial charge in [-0.1, -0.05) is 169 Å².